The minimum atomic E-state index is 0.718. The summed E-state index contributed by atoms with van der Waals surface area (Å²) >= 11 is 5.80. The summed E-state index contributed by atoms with van der Waals surface area (Å²) in [5.74, 6) is 0. The Hall–Kier alpha value is -0.690. The van der Waals surface area contributed by atoms with E-state index < -0.39 is 0 Å². The molecular formula is C9H11ClN. The van der Waals surface area contributed by atoms with Crippen LogP contribution in [0.25, 0.3) is 0 Å². The van der Waals surface area contributed by atoms with Crippen LogP contribution in [-0.2, 0) is 0 Å². The monoisotopic (exact) mass is 168 g/mol. The maximum absolute atomic E-state index is 5.80. The van der Waals surface area contributed by atoms with Crippen LogP contribution in [0, 0.1) is 6.92 Å². The van der Waals surface area contributed by atoms with Gasteiger partial charge in [0.2, 0.25) is 0 Å². The summed E-state index contributed by atoms with van der Waals surface area (Å²) in [6, 6.07) is 5.79. The molecule has 0 amide bonds. The molecule has 0 saturated carbocycles. The van der Waals surface area contributed by atoms with E-state index in [2.05, 4.69) is 6.92 Å². The molecule has 0 aliphatic carbocycles. The summed E-state index contributed by atoms with van der Waals surface area (Å²) in [5.41, 5.74) is 2.00. The number of halogens is 1. The van der Waals surface area contributed by atoms with Crippen LogP contribution in [0.15, 0.2) is 18.2 Å². The Morgan fingerprint density at radius 2 is 2.00 bits per heavy atom. The summed E-state index contributed by atoms with van der Waals surface area (Å²) in [6.07, 6.45) is 0. The third-order valence-corrected chi connectivity index (χ3v) is 1.91. The maximum Gasteiger partial charge on any atom is 0.0439 e. The van der Waals surface area contributed by atoms with Gasteiger partial charge in [-0.3, -0.25) is 0 Å². The van der Waals surface area contributed by atoms with E-state index in [-0.39, 0.29) is 0 Å². The zero-order valence-corrected chi connectivity index (χ0v) is 7.52. The molecule has 1 aromatic carbocycles. The molecule has 0 aliphatic heterocycles. The van der Waals surface area contributed by atoms with Gasteiger partial charge < -0.3 is 4.90 Å². The zero-order valence-electron chi connectivity index (χ0n) is 6.76. The van der Waals surface area contributed by atoms with Gasteiger partial charge in [0.1, 0.15) is 0 Å². The third kappa shape index (κ3) is 1.87. The smallest absolute Gasteiger partial charge is 0.0439 e. The average Bonchev–Trinajstić information content (AvgIpc) is 1.94. The summed E-state index contributed by atoms with van der Waals surface area (Å²) < 4.78 is 0. The Morgan fingerprint density at radius 3 is 2.45 bits per heavy atom. The highest BCUT2D eigenvalue weighted by Gasteiger charge is 1.97. The van der Waals surface area contributed by atoms with Gasteiger partial charge in [0.15, 0.2) is 0 Å². The first-order valence-corrected chi connectivity index (χ1v) is 3.78. The van der Waals surface area contributed by atoms with Crippen LogP contribution < -0.4 is 4.90 Å². The van der Waals surface area contributed by atoms with Crippen LogP contribution >= 0.6 is 11.6 Å². The van der Waals surface area contributed by atoms with Crippen molar-refractivity contribution in [2.24, 2.45) is 0 Å². The molecule has 1 radical (unpaired) electrons. The second-order valence-corrected chi connectivity index (χ2v) is 3.08. The van der Waals surface area contributed by atoms with Gasteiger partial charge in [-0.05, 0) is 30.7 Å². The first kappa shape index (κ1) is 8.41. The number of rotatable bonds is 1. The molecule has 0 bridgehead atoms. The molecule has 1 rings (SSSR count). The van der Waals surface area contributed by atoms with Crippen molar-refractivity contribution in [1.29, 1.82) is 0 Å². The van der Waals surface area contributed by atoms with Crippen molar-refractivity contribution in [3.8, 4) is 0 Å². The minimum absolute atomic E-state index is 0.718. The number of anilines is 1. The van der Waals surface area contributed by atoms with Crippen molar-refractivity contribution >= 4 is 17.3 Å². The molecule has 0 atom stereocenters. The molecule has 0 N–H and O–H groups in total. The molecule has 0 heterocycles. The van der Waals surface area contributed by atoms with Crippen LogP contribution in [-0.4, -0.2) is 14.1 Å². The van der Waals surface area contributed by atoms with E-state index in [0.717, 1.165) is 16.3 Å². The van der Waals surface area contributed by atoms with Gasteiger partial charge in [-0.25, -0.2) is 0 Å². The van der Waals surface area contributed by atoms with E-state index in [4.69, 9.17) is 11.6 Å². The Morgan fingerprint density at radius 1 is 1.36 bits per heavy atom. The van der Waals surface area contributed by atoms with Gasteiger partial charge in [-0.15, -0.1) is 0 Å². The molecule has 59 valence electrons. The summed E-state index contributed by atoms with van der Waals surface area (Å²) in [6.45, 7) is 3.80. The van der Waals surface area contributed by atoms with Crippen molar-refractivity contribution < 1.29 is 0 Å². The lowest BCUT2D eigenvalue weighted by Crippen LogP contribution is -2.08. The molecular weight excluding hydrogens is 158 g/mol. The van der Waals surface area contributed by atoms with E-state index in [9.17, 15) is 0 Å². The normalized spacial score (nSPS) is 9.82. The van der Waals surface area contributed by atoms with Crippen molar-refractivity contribution in [1.82, 2.24) is 0 Å². The van der Waals surface area contributed by atoms with Crippen LogP contribution in [0.4, 0.5) is 5.69 Å². The molecule has 1 aromatic rings. The zero-order chi connectivity index (χ0) is 8.43. The number of hydrogen-bond acceptors (Lipinski definition) is 1. The van der Waals surface area contributed by atoms with Gasteiger partial charge in [-0.1, -0.05) is 11.6 Å². The third-order valence-electron chi connectivity index (χ3n) is 1.55. The SMILES string of the molecule is [CH2]c1cc(N(C)C)ccc1Cl. The molecule has 0 unspecified atom stereocenters. The fourth-order valence-electron chi connectivity index (χ4n) is 0.839. The van der Waals surface area contributed by atoms with Crippen LogP contribution in [0.5, 0.6) is 0 Å². The van der Waals surface area contributed by atoms with E-state index in [0.29, 0.717) is 0 Å². The Balaban J connectivity index is 3.05. The van der Waals surface area contributed by atoms with Crippen LogP contribution in [0.3, 0.4) is 0 Å². The maximum atomic E-state index is 5.80. The number of hydrogen-bond donors (Lipinski definition) is 0. The lowest BCUT2D eigenvalue weighted by atomic mass is 10.2. The van der Waals surface area contributed by atoms with E-state index in [1.54, 1.807) is 0 Å². The molecule has 0 aromatic heterocycles. The highest BCUT2D eigenvalue weighted by Crippen LogP contribution is 2.20. The molecule has 0 saturated heterocycles. The van der Waals surface area contributed by atoms with Gasteiger partial charge in [0.05, 0.1) is 0 Å². The van der Waals surface area contributed by atoms with Gasteiger partial charge in [0.25, 0.3) is 0 Å². The van der Waals surface area contributed by atoms with Gasteiger partial charge >= 0.3 is 0 Å². The fraction of sp³-hybridized carbons (Fsp3) is 0.222. The van der Waals surface area contributed by atoms with Crippen LogP contribution in [0.1, 0.15) is 5.56 Å². The summed E-state index contributed by atoms with van der Waals surface area (Å²) in [7, 11) is 3.98. The summed E-state index contributed by atoms with van der Waals surface area (Å²) in [5, 5.41) is 0.718. The number of nitrogens with zero attached hydrogens (tertiary/aromatic N) is 1. The van der Waals surface area contributed by atoms with E-state index in [1.165, 1.54) is 0 Å². The topological polar surface area (TPSA) is 3.24 Å². The Labute approximate surface area is 72.6 Å². The molecule has 2 heteroatoms. The minimum Gasteiger partial charge on any atom is -0.378 e. The Kier molecular flexibility index (Phi) is 2.40. The highest BCUT2D eigenvalue weighted by molar-refractivity contribution is 6.31. The second-order valence-electron chi connectivity index (χ2n) is 2.67. The van der Waals surface area contributed by atoms with Crippen molar-refractivity contribution in [2.45, 2.75) is 0 Å². The second kappa shape index (κ2) is 3.14. The van der Waals surface area contributed by atoms with Crippen molar-refractivity contribution in [3.63, 3.8) is 0 Å². The largest absolute Gasteiger partial charge is 0.378 e. The molecule has 0 aliphatic rings. The predicted octanol–water partition coefficient (Wildman–Crippen LogP) is 2.59. The lowest BCUT2D eigenvalue weighted by Gasteiger charge is -2.12. The van der Waals surface area contributed by atoms with Gasteiger partial charge in [0, 0.05) is 24.8 Å². The lowest BCUT2D eigenvalue weighted by molar-refractivity contribution is 1.13. The highest BCUT2D eigenvalue weighted by atomic mass is 35.5. The van der Waals surface area contributed by atoms with E-state index in [1.807, 2.05) is 37.2 Å². The van der Waals surface area contributed by atoms with Crippen LogP contribution in [0.2, 0.25) is 5.02 Å². The van der Waals surface area contributed by atoms with Crippen molar-refractivity contribution in [2.75, 3.05) is 19.0 Å². The quantitative estimate of drug-likeness (QED) is 0.623. The molecule has 1 nitrogen and oxygen atoms in total. The van der Waals surface area contributed by atoms with Gasteiger partial charge in [-0.2, -0.15) is 0 Å². The molecule has 0 fully saturated rings. The average molecular weight is 169 g/mol. The standard InChI is InChI=1S/C9H11ClN/c1-7-6-8(11(2)3)4-5-9(7)10/h4-6H,1H2,2-3H3. The first-order valence-electron chi connectivity index (χ1n) is 3.40. The Bertz CT molecular complexity index is 256. The molecule has 0 spiro atoms. The first-order chi connectivity index (χ1) is 5.11. The number of benzene rings is 1. The van der Waals surface area contributed by atoms with Crippen molar-refractivity contribution in [3.05, 3.63) is 35.7 Å². The predicted molar refractivity (Wildman–Crippen MR) is 50.2 cm³/mol. The summed E-state index contributed by atoms with van der Waals surface area (Å²) in [4.78, 5) is 2.02. The fourth-order valence-corrected chi connectivity index (χ4v) is 0.957. The van der Waals surface area contributed by atoms with E-state index >= 15 is 0 Å². The molecule has 11 heavy (non-hydrogen) atoms.